The zero-order valence-corrected chi connectivity index (χ0v) is 17.3. The molecule has 0 aliphatic heterocycles. The molecule has 0 spiro atoms. The van der Waals surface area contributed by atoms with E-state index in [4.69, 9.17) is 17.2 Å². The first-order valence-electron chi connectivity index (χ1n) is 9.50. The highest BCUT2D eigenvalue weighted by atomic mass is 16.2. The Morgan fingerprint density at radius 1 is 1.00 bits per heavy atom. The molecule has 0 saturated heterocycles. The molecule has 0 heterocycles. The summed E-state index contributed by atoms with van der Waals surface area (Å²) in [5.41, 5.74) is 16.3. The molecule has 0 unspecified atom stereocenters. The van der Waals surface area contributed by atoms with E-state index in [1.165, 1.54) is 0 Å². The fraction of sp³-hybridized carbons (Fsp3) is 0.500. The van der Waals surface area contributed by atoms with Crippen molar-refractivity contribution in [3.63, 3.8) is 0 Å². The summed E-state index contributed by atoms with van der Waals surface area (Å²) in [6, 6.07) is 7.49. The molecule has 0 radical (unpaired) electrons. The third kappa shape index (κ3) is 9.09. The second kappa shape index (κ2) is 11.0. The Hall–Kier alpha value is -3.10. The maximum absolute atomic E-state index is 12.8. The van der Waals surface area contributed by atoms with Crippen LogP contribution in [-0.4, -0.2) is 42.3 Å². The first-order chi connectivity index (χ1) is 13.5. The van der Waals surface area contributed by atoms with Crippen molar-refractivity contribution in [2.45, 2.75) is 52.1 Å². The number of guanidine groups is 1. The summed E-state index contributed by atoms with van der Waals surface area (Å²) >= 11 is 0. The van der Waals surface area contributed by atoms with Gasteiger partial charge in [-0.3, -0.25) is 19.4 Å². The van der Waals surface area contributed by atoms with E-state index >= 15 is 0 Å². The van der Waals surface area contributed by atoms with Crippen molar-refractivity contribution in [3.05, 3.63) is 35.9 Å². The van der Waals surface area contributed by atoms with Crippen molar-refractivity contribution in [1.82, 2.24) is 10.6 Å². The van der Waals surface area contributed by atoms with E-state index in [-0.39, 0.29) is 18.3 Å². The summed E-state index contributed by atoms with van der Waals surface area (Å²) in [5, 5.41) is 5.40. The number of primary amides is 1. The van der Waals surface area contributed by atoms with Crippen molar-refractivity contribution < 1.29 is 14.4 Å². The molecule has 160 valence electrons. The van der Waals surface area contributed by atoms with Gasteiger partial charge in [0.25, 0.3) is 0 Å². The van der Waals surface area contributed by atoms with Crippen LogP contribution in [0.3, 0.4) is 0 Å². The van der Waals surface area contributed by atoms with Crippen LogP contribution in [0.1, 0.15) is 39.2 Å². The number of hydrogen-bond acceptors (Lipinski definition) is 4. The lowest BCUT2D eigenvalue weighted by atomic mass is 9.94. The van der Waals surface area contributed by atoms with Crippen LogP contribution in [0.2, 0.25) is 0 Å². The van der Waals surface area contributed by atoms with Crippen LogP contribution in [0.5, 0.6) is 0 Å². The molecule has 1 aromatic rings. The number of benzene rings is 1. The molecule has 0 aliphatic carbocycles. The molecule has 0 fully saturated rings. The largest absolute Gasteiger partial charge is 0.370 e. The van der Waals surface area contributed by atoms with Crippen LogP contribution in [0.15, 0.2) is 35.3 Å². The molecule has 29 heavy (non-hydrogen) atoms. The maximum atomic E-state index is 12.8. The number of nitrogens with zero attached hydrogens (tertiary/aromatic N) is 1. The Balaban J connectivity index is 2.86. The number of nitrogens with two attached hydrogens (primary N) is 3. The second-order valence-corrected chi connectivity index (χ2v) is 7.88. The van der Waals surface area contributed by atoms with Gasteiger partial charge < -0.3 is 27.8 Å². The first kappa shape index (κ1) is 23.9. The number of nitrogens with one attached hydrogen (secondary N) is 2. The third-order valence-electron chi connectivity index (χ3n) is 4.19. The number of carbonyl (C=O) groups is 3. The van der Waals surface area contributed by atoms with Gasteiger partial charge in [-0.1, -0.05) is 51.1 Å². The van der Waals surface area contributed by atoms with E-state index in [1.807, 2.05) is 30.3 Å². The fourth-order valence-electron chi connectivity index (χ4n) is 2.49. The van der Waals surface area contributed by atoms with E-state index < -0.39 is 29.3 Å². The molecule has 9 heteroatoms. The van der Waals surface area contributed by atoms with Crippen molar-refractivity contribution in [3.8, 4) is 0 Å². The Labute approximate surface area is 171 Å². The molecular formula is C20H32N6O3. The summed E-state index contributed by atoms with van der Waals surface area (Å²) in [4.78, 5) is 40.9. The van der Waals surface area contributed by atoms with Gasteiger partial charge in [-0.15, -0.1) is 0 Å². The van der Waals surface area contributed by atoms with E-state index in [1.54, 1.807) is 20.8 Å². The number of rotatable bonds is 10. The molecule has 1 aromatic carbocycles. The van der Waals surface area contributed by atoms with Crippen LogP contribution in [0, 0.1) is 5.41 Å². The number of amides is 3. The average Bonchev–Trinajstić information content (AvgIpc) is 2.63. The lowest BCUT2D eigenvalue weighted by molar-refractivity contribution is -0.134. The number of carbonyl (C=O) groups excluding carboxylic acids is 3. The normalized spacial score (nSPS) is 13.1. The van der Waals surface area contributed by atoms with Gasteiger partial charge in [0.05, 0.1) is 0 Å². The Bertz CT molecular complexity index is 723. The zero-order chi connectivity index (χ0) is 22.0. The monoisotopic (exact) mass is 404 g/mol. The highest BCUT2D eigenvalue weighted by Crippen LogP contribution is 2.14. The highest BCUT2D eigenvalue weighted by Gasteiger charge is 2.29. The summed E-state index contributed by atoms with van der Waals surface area (Å²) in [5.74, 6) is -1.45. The lowest BCUT2D eigenvalue weighted by Crippen LogP contribution is -2.55. The molecule has 0 bridgehead atoms. The molecule has 3 amide bonds. The zero-order valence-electron chi connectivity index (χ0n) is 17.3. The third-order valence-corrected chi connectivity index (χ3v) is 4.19. The van der Waals surface area contributed by atoms with Crippen molar-refractivity contribution >= 4 is 23.7 Å². The Kier molecular flexibility index (Phi) is 9.11. The van der Waals surface area contributed by atoms with E-state index in [2.05, 4.69) is 15.6 Å². The van der Waals surface area contributed by atoms with Gasteiger partial charge in [0, 0.05) is 18.4 Å². The highest BCUT2D eigenvalue weighted by molar-refractivity contribution is 5.92. The van der Waals surface area contributed by atoms with Crippen LogP contribution in [0.25, 0.3) is 0 Å². The van der Waals surface area contributed by atoms with E-state index in [0.29, 0.717) is 19.4 Å². The summed E-state index contributed by atoms with van der Waals surface area (Å²) in [6.07, 6.45) is 1.04. The minimum Gasteiger partial charge on any atom is -0.370 e. The van der Waals surface area contributed by atoms with Gasteiger partial charge >= 0.3 is 0 Å². The van der Waals surface area contributed by atoms with Crippen molar-refractivity contribution in [1.29, 1.82) is 0 Å². The van der Waals surface area contributed by atoms with Gasteiger partial charge in [0.2, 0.25) is 17.7 Å². The van der Waals surface area contributed by atoms with Crippen LogP contribution in [0.4, 0.5) is 0 Å². The molecule has 0 aromatic heterocycles. The fourth-order valence-corrected chi connectivity index (χ4v) is 2.49. The molecule has 2 atom stereocenters. The molecule has 0 aliphatic rings. The topological polar surface area (TPSA) is 166 Å². The number of hydrogen-bond donors (Lipinski definition) is 5. The molecular weight excluding hydrogens is 372 g/mol. The van der Waals surface area contributed by atoms with Gasteiger partial charge in [0.15, 0.2) is 5.96 Å². The van der Waals surface area contributed by atoms with Crippen LogP contribution >= 0.6 is 0 Å². The predicted molar refractivity (Wildman–Crippen MR) is 113 cm³/mol. The van der Waals surface area contributed by atoms with E-state index in [0.717, 1.165) is 5.56 Å². The van der Waals surface area contributed by atoms with Gasteiger partial charge in [-0.2, -0.15) is 0 Å². The van der Waals surface area contributed by atoms with Gasteiger partial charge in [0.1, 0.15) is 12.1 Å². The first-order valence-corrected chi connectivity index (χ1v) is 9.50. The van der Waals surface area contributed by atoms with Crippen LogP contribution < -0.4 is 27.8 Å². The SMILES string of the molecule is CC(C)(C)C(=O)N[C@@H](CCCN=C(N)N)C(=O)N[C@@H](Cc1ccccc1)C(N)=O. The summed E-state index contributed by atoms with van der Waals surface area (Å²) in [7, 11) is 0. The average molecular weight is 405 g/mol. The molecule has 1 rings (SSSR count). The Morgan fingerprint density at radius 2 is 1.62 bits per heavy atom. The minimum atomic E-state index is -0.892. The second-order valence-electron chi connectivity index (χ2n) is 7.88. The Morgan fingerprint density at radius 3 is 2.14 bits per heavy atom. The summed E-state index contributed by atoms with van der Waals surface area (Å²) in [6.45, 7) is 5.57. The van der Waals surface area contributed by atoms with Crippen molar-refractivity contribution in [2.24, 2.45) is 27.6 Å². The minimum absolute atomic E-state index is 0.0404. The quantitative estimate of drug-likeness (QED) is 0.206. The lowest BCUT2D eigenvalue weighted by Gasteiger charge is -2.25. The predicted octanol–water partition coefficient (Wildman–Crippen LogP) is -0.216. The molecule has 9 nitrogen and oxygen atoms in total. The van der Waals surface area contributed by atoms with Crippen LogP contribution in [-0.2, 0) is 20.8 Å². The van der Waals surface area contributed by atoms with Gasteiger partial charge in [-0.25, -0.2) is 0 Å². The van der Waals surface area contributed by atoms with Crippen molar-refractivity contribution in [2.75, 3.05) is 6.54 Å². The summed E-state index contributed by atoms with van der Waals surface area (Å²) < 4.78 is 0. The van der Waals surface area contributed by atoms with E-state index in [9.17, 15) is 14.4 Å². The maximum Gasteiger partial charge on any atom is 0.243 e. The number of aliphatic imine (C=N–C) groups is 1. The molecule has 8 N–H and O–H groups in total. The molecule has 0 saturated carbocycles. The smallest absolute Gasteiger partial charge is 0.243 e. The van der Waals surface area contributed by atoms with Gasteiger partial charge in [-0.05, 0) is 18.4 Å². The standard InChI is InChI=1S/C20H32N6O3/c1-20(2,3)18(29)26-14(10-7-11-24-19(22)23)17(28)25-15(16(21)27)12-13-8-5-4-6-9-13/h4-6,8-9,14-15H,7,10-12H2,1-3H3,(H2,21,27)(H,25,28)(H,26,29)(H4,22,23,24)/t14-,15-/m0/s1.